The van der Waals surface area contributed by atoms with Gasteiger partial charge in [-0.2, -0.15) is 15.0 Å². The van der Waals surface area contributed by atoms with Gasteiger partial charge >= 0.3 is 5.97 Å². The molecule has 0 saturated heterocycles. The molecule has 0 spiro atoms. The minimum absolute atomic E-state index is 0.0726. The van der Waals surface area contributed by atoms with E-state index in [1.165, 1.54) is 11.7 Å². The molecule has 2 heterocycles. The molecule has 0 aliphatic carbocycles. The third-order valence-electron chi connectivity index (χ3n) is 4.95. The van der Waals surface area contributed by atoms with Gasteiger partial charge in [0, 0.05) is 7.05 Å². The monoisotopic (exact) mass is 410 g/mol. The quantitative estimate of drug-likeness (QED) is 0.649. The number of nitrogens with one attached hydrogen (secondary N) is 1. The van der Waals surface area contributed by atoms with Gasteiger partial charge in [-0.15, -0.1) is 5.10 Å². The Morgan fingerprint density at radius 2 is 1.73 bits per heavy atom. The molecule has 1 aromatic carbocycles. The van der Waals surface area contributed by atoms with Crippen LogP contribution in [0.25, 0.3) is 5.69 Å². The zero-order chi connectivity index (χ0) is 22.2. The van der Waals surface area contributed by atoms with Crippen LogP contribution in [0.15, 0.2) is 18.2 Å². The lowest BCUT2D eigenvalue weighted by molar-refractivity contribution is -0.123. The van der Waals surface area contributed by atoms with Crippen LogP contribution in [-0.4, -0.2) is 42.8 Å². The summed E-state index contributed by atoms with van der Waals surface area (Å²) in [6.45, 7) is 10.8. The number of hydrogen-bond donors (Lipinski definition) is 1. The smallest absolute Gasteiger partial charge is 0.361 e. The fourth-order valence-electron chi connectivity index (χ4n) is 3.15. The molecule has 2 aromatic heterocycles. The lowest BCUT2D eigenvalue weighted by Crippen LogP contribution is -2.30. The summed E-state index contributed by atoms with van der Waals surface area (Å²) in [6.07, 6.45) is -1.01. The van der Waals surface area contributed by atoms with Gasteiger partial charge in [0.25, 0.3) is 5.91 Å². The molecule has 158 valence electrons. The molecule has 0 fully saturated rings. The number of benzene rings is 1. The maximum Gasteiger partial charge on any atom is 0.361 e. The molecule has 3 aromatic rings. The lowest BCUT2D eigenvalue weighted by Gasteiger charge is -2.13. The zero-order valence-electron chi connectivity index (χ0n) is 18.3. The molecule has 1 amide bonds. The first-order valence-electron chi connectivity index (χ1n) is 9.62. The van der Waals surface area contributed by atoms with Gasteiger partial charge in [-0.1, -0.05) is 17.7 Å². The van der Waals surface area contributed by atoms with Gasteiger partial charge in [0.15, 0.2) is 11.8 Å². The summed E-state index contributed by atoms with van der Waals surface area (Å²) < 4.78 is 7.02. The van der Waals surface area contributed by atoms with Crippen LogP contribution in [0.5, 0.6) is 0 Å². The number of amides is 1. The second-order valence-electron chi connectivity index (χ2n) is 7.42. The van der Waals surface area contributed by atoms with Crippen LogP contribution < -0.4 is 5.32 Å². The molecule has 0 radical (unpaired) electrons. The Kier molecular flexibility index (Phi) is 5.73. The van der Waals surface area contributed by atoms with Gasteiger partial charge < -0.3 is 10.1 Å². The van der Waals surface area contributed by atoms with Gasteiger partial charge in [-0.25, -0.2) is 4.79 Å². The summed E-state index contributed by atoms with van der Waals surface area (Å²) in [7, 11) is 1.79. The van der Waals surface area contributed by atoms with Gasteiger partial charge in [0.1, 0.15) is 0 Å². The van der Waals surface area contributed by atoms with E-state index in [9.17, 15) is 9.59 Å². The summed E-state index contributed by atoms with van der Waals surface area (Å²) in [5, 5.41) is 15.6. The molecule has 1 N–H and O–H groups in total. The van der Waals surface area contributed by atoms with Crippen LogP contribution in [-0.2, 0) is 16.6 Å². The van der Waals surface area contributed by atoms with Crippen LogP contribution in [0.4, 0.5) is 5.69 Å². The van der Waals surface area contributed by atoms with Gasteiger partial charge in [0.2, 0.25) is 0 Å². The number of nitrogens with zero attached hydrogens (tertiary/aromatic N) is 5. The number of carbonyl (C=O) groups is 2. The van der Waals surface area contributed by atoms with E-state index in [1.807, 2.05) is 39.0 Å². The summed E-state index contributed by atoms with van der Waals surface area (Å²) in [5.74, 6) is -1.15. The Morgan fingerprint density at radius 1 is 1.03 bits per heavy atom. The van der Waals surface area contributed by atoms with E-state index in [1.54, 1.807) is 25.6 Å². The van der Waals surface area contributed by atoms with E-state index in [0.29, 0.717) is 17.1 Å². The standard InChI is InChI=1S/C21H26N6O3/c1-11-8-9-17(12(2)10-11)27-24-14(4)19(25-27)21(29)30-16(6)20(28)22-18-13(3)23-26(7)15(18)5/h8-10,16H,1-7H3,(H,22,28)/t16-/m0/s1. The normalized spacial score (nSPS) is 12.0. The van der Waals surface area contributed by atoms with Crippen molar-refractivity contribution in [2.45, 2.75) is 47.6 Å². The molecule has 0 unspecified atom stereocenters. The SMILES string of the molecule is Cc1ccc(-n2nc(C)c(C(=O)O[C@@H](C)C(=O)Nc3c(C)nn(C)c3C)n2)c(C)c1. The second-order valence-corrected chi connectivity index (χ2v) is 7.42. The van der Waals surface area contributed by atoms with Crippen molar-refractivity contribution < 1.29 is 14.3 Å². The van der Waals surface area contributed by atoms with Crippen molar-refractivity contribution in [3.63, 3.8) is 0 Å². The highest BCUT2D eigenvalue weighted by molar-refractivity contribution is 5.97. The first-order valence-corrected chi connectivity index (χ1v) is 9.62. The molecule has 0 aliphatic rings. The Morgan fingerprint density at radius 3 is 2.33 bits per heavy atom. The van der Waals surface area contributed by atoms with Gasteiger partial charge in [0.05, 0.1) is 28.5 Å². The second kappa shape index (κ2) is 8.10. The van der Waals surface area contributed by atoms with E-state index in [2.05, 4.69) is 20.6 Å². The molecule has 1 atom stereocenters. The molecule has 9 heteroatoms. The van der Waals surface area contributed by atoms with E-state index in [4.69, 9.17) is 4.74 Å². The number of anilines is 1. The molecule has 3 rings (SSSR count). The molecule has 0 aliphatic heterocycles. The average Bonchev–Trinajstić information content (AvgIpc) is 3.16. The van der Waals surface area contributed by atoms with Gasteiger partial charge in [-0.3, -0.25) is 9.48 Å². The van der Waals surface area contributed by atoms with Crippen LogP contribution in [0.2, 0.25) is 0 Å². The Bertz CT molecular complexity index is 1130. The Hall–Kier alpha value is -3.49. The number of aromatic nitrogens is 5. The molecule has 0 bridgehead atoms. The van der Waals surface area contributed by atoms with Crippen molar-refractivity contribution in [3.05, 3.63) is 52.1 Å². The number of aryl methyl sites for hydroxylation is 5. The minimum Gasteiger partial charge on any atom is -0.448 e. The largest absolute Gasteiger partial charge is 0.448 e. The maximum atomic E-state index is 12.6. The van der Waals surface area contributed by atoms with E-state index in [-0.39, 0.29) is 5.69 Å². The van der Waals surface area contributed by atoms with Crippen molar-refractivity contribution in [3.8, 4) is 5.69 Å². The third-order valence-corrected chi connectivity index (χ3v) is 4.95. The van der Waals surface area contributed by atoms with Crippen molar-refractivity contribution in [1.82, 2.24) is 24.8 Å². The van der Waals surface area contributed by atoms with Crippen molar-refractivity contribution in [2.24, 2.45) is 7.05 Å². The summed E-state index contributed by atoms with van der Waals surface area (Å²) in [4.78, 5) is 26.5. The van der Waals surface area contributed by atoms with Crippen LogP contribution in [0.1, 0.15) is 45.6 Å². The van der Waals surface area contributed by atoms with E-state index >= 15 is 0 Å². The molecular formula is C21H26N6O3. The summed E-state index contributed by atoms with van der Waals surface area (Å²) >= 11 is 0. The van der Waals surface area contributed by atoms with Gasteiger partial charge in [-0.05, 0) is 53.2 Å². The molecule has 30 heavy (non-hydrogen) atoms. The maximum absolute atomic E-state index is 12.6. The third kappa shape index (κ3) is 4.10. The van der Waals surface area contributed by atoms with E-state index < -0.39 is 18.0 Å². The first kappa shape index (κ1) is 21.2. The Labute approximate surface area is 175 Å². The van der Waals surface area contributed by atoms with Crippen molar-refractivity contribution >= 4 is 17.6 Å². The number of esters is 1. The fraction of sp³-hybridized carbons (Fsp3) is 0.381. The topological polar surface area (TPSA) is 104 Å². The molecule has 9 nitrogen and oxygen atoms in total. The molecular weight excluding hydrogens is 384 g/mol. The highest BCUT2D eigenvalue weighted by Gasteiger charge is 2.25. The van der Waals surface area contributed by atoms with Crippen LogP contribution in [0, 0.1) is 34.6 Å². The number of carbonyl (C=O) groups excluding carboxylic acids is 2. The lowest BCUT2D eigenvalue weighted by atomic mass is 10.1. The minimum atomic E-state index is -1.01. The molecule has 0 saturated carbocycles. The van der Waals surface area contributed by atoms with Crippen LogP contribution in [0.3, 0.4) is 0 Å². The summed E-state index contributed by atoms with van der Waals surface area (Å²) in [6, 6.07) is 5.86. The number of rotatable bonds is 5. The van der Waals surface area contributed by atoms with Crippen molar-refractivity contribution in [2.75, 3.05) is 5.32 Å². The van der Waals surface area contributed by atoms with E-state index in [0.717, 1.165) is 22.5 Å². The highest BCUT2D eigenvalue weighted by atomic mass is 16.5. The van der Waals surface area contributed by atoms with Crippen molar-refractivity contribution in [1.29, 1.82) is 0 Å². The first-order chi connectivity index (χ1) is 14.1. The highest BCUT2D eigenvalue weighted by Crippen LogP contribution is 2.19. The number of hydrogen-bond acceptors (Lipinski definition) is 6. The Balaban J connectivity index is 1.74. The zero-order valence-corrected chi connectivity index (χ0v) is 18.3. The predicted molar refractivity (Wildman–Crippen MR) is 112 cm³/mol. The summed E-state index contributed by atoms with van der Waals surface area (Å²) in [5.41, 5.74) is 5.49. The van der Waals surface area contributed by atoms with Crippen LogP contribution >= 0.6 is 0 Å². The average molecular weight is 410 g/mol. The number of ether oxygens (including phenoxy) is 1. The predicted octanol–water partition coefficient (Wildman–Crippen LogP) is 2.73. The fourth-order valence-corrected chi connectivity index (χ4v) is 3.15.